The summed E-state index contributed by atoms with van der Waals surface area (Å²) in [6.07, 6.45) is 4.97. The van der Waals surface area contributed by atoms with Gasteiger partial charge in [0.2, 0.25) is 0 Å². The number of anilines is 1. The molecule has 2 heterocycles. The highest BCUT2D eigenvalue weighted by Crippen LogP contribution is 2.29. The molecule has 1 aromatic rings. The molecule has 1 aliphatic rings. The fourth-order valence-electron chi connectivity index (χ4n) is 2.20. The fraction of sp³-hybridized carbons (Fsp3) is 0.500. The molecule has 0 saturated carbocycles. The molecule has 0 N–H and O–H groups in total. The van der Waals surface area contributed by atoms with Crippen LogP contribution >= 0.6 is 15.9 Å². The number of rotatable bonds is 2. The van der Waals surface area contributed by atoms with Gasteiger partial charge < -0.3 is 4.90 Å². The zero-order valence-corrected chi connectivity index (χ0v) is 10.9. The molecule has 2 rings (SSSR count). The van der Waals surface area contributed by atoms with Crippen molar-refractivity contribution in [2.24, 2.45) is 0 Å². The molecule has 0 amide bonds. The fourth-order valence-corrected chi connectivity index (χ4v) is 2.68. The molecule has 3 nitrogen and oxygen atoms in total. The van der Waals surface area contributed by atoms with Gasteiger partial charge in [-0.25, -0.2) is 4.98 Å². The van der Waals surface area contributed by atoms with Gasteiger partial charge in [0.15, 0.2) is 5.78 Å². The Hall–Kier alpha value is -0.900. The van der Waals surface area contributed by atoms with E-state index in [1.165, 1.54) is 0 Å². The quantitative estimate of drug-likeness (QED) is 0.836. The maximum Gasteiger partial charge on any atom is 0.152 e. The predicted octanol–water partition coefficient (Wildman–Crippen LogP) is 2.79. The van der Waals surface area contributed by atoms with Crippen molar-refractivity contribution in [3.8, 4) is 0 Å². The van der Waals surface area contributed by atoms with E-state index in [0.29, 0.717) is 0 Å². The van der Waals surface area contributed by atoms with Crippen LogP contribution < -0.4 is 4.90 Å². The van der Waals surface area contributed by atoms with Gasteiger partial charge in [-0.05, 0) is 54.2 Å². The van der Waals surface area contributed by atoms with E-state index in [0.717, 1.165) is 36.1 Å². The second kappa shape index (κ2) is 4.95. The van der Waals surface area contributed by atoms with Gasteiger partial charge in [0.05, 0.1) is 10.5 Å². The van der Waals surface area contributed by atoms with Gasteiger partial charge in [-0.1, -0.05) is 0 Å². The lowest BCUT2D eigenvalue weighted by Gasteiger charge is -2.35. The minimum absolute atomic E-state index is 0.0000463. The second-order valence-corrected chi connectivity index (χ2v) is 4.98. The van der Waals surface area contributed by atoms with Gasteiger partial charge in [0, 0.05) is 12.7 Å². The van der Waals surface area contributed by atoms with E-state index in [4.69, 9.17) is 0 Å². The van der Waals surface area contributed by atoms with Crippen LogP contribution in [0.2, 0.25) is 0 Å². The van der Waals surface area contributed by atoms with Crippen LogP contribution in [0.1, 0.15) is 26.2 Å². The van der Waals surface area contributed by atoms with Crippen molar-refractivity contribution in [3.63, 3.8) is 0 Å². The highest BCUT2D eigenvalue weighted by Gasteiger charge is 2.27. The minimum Gasteiger partial charge on any atom is -0.346 e. The van der Waals surface area contributed by atoms with Crippen molar-refractivity contribution >= 4 is 27.5 Å². The molecular formula is C12H15BrN2O. The summed E-state index contributed by atoms with van der Waals surface area (Å²) < 4.78 is 0.961. The topological polar surface area (TPSA) is 33.2 Å². The van der Waals surface area contributed by atoms with Crippen molar-refractivity contribution in [1.29, 1.82) is 0 Å². The first kappa shape index (κ1) is 11.6. The number of nitrogens with zero attached hydrogens (tertiary/aromatic N) is 2. The molecule has 1 saturated heterocycles. The summed E-state index contributed by atoms with van der Waals surface area (Å²) in [6, 6.07) is 3.86. The minimum atomic E-state index is -0.0000463. The van der Waals surface area contributed by atoms with Gasteiger partial charge >= 0.3 is 0 Å². The molecule has 1 atom stereocenters. The first-order valence-electron chi connectivity index (χ1n) is 5.58. The number of ketones is 1. The normalized spacial score (nSPS) is 20.9. The number of halogens is 1. The second-order valence-electron chi connectivity index (χ2n) is 4.12. The summed E-state index contributed by atoms with van der Waals surface area (Å²) in [4.78, 5) is 18.1. The van der Waals surface area contributed by atoms with Crippen LogP contribution in [0, 0.1) is 0 Å². The zero-order valence-electron chi connectivity index (χ0n) is 9.32. The van der Waals surface area contributed by atoms with Crippen molar-refractivity contribution in [3.05, 3.63) is 22.8 Å². The van der Waals surface area contributed by atoms with E-state index in [1.54, 1.807) is 13.1 Å². The third kappa shape index (κ3) is 2.26. The van der Waals surface area contributed by atoms with Crippen LogP contribution in [0.25, 0.3) is 0 Å². The largest absolute Gasteiger partial charge is 0.346 e. The van der Waals surface area contributed by atoms with E-state index in [1.807, 2.05) is 12.1 Å². The van der Waals surface area contributed by atoms with Gasteiger partial charge in [0.1, 0.15) is 5.82 Å². The lowest BCUT2D eigenvalue weighted by Crippen LogP contribution is -2.44. The van der Waals surface area contributed by atoms with E-state index in [9.17, 15) is 4.79 Å². The van der Waals surface area contributed by atoms with Gasteiger partial charge in [0.25, 0.3) is 0 Å². The Kier molecular flexibility index (Phi) is 3.59. The highest BCUT2D eigenvalue weighted by molar-refractivity contribution is 9.10. The van der Waals surface area contributed by atoms with E-state index >= 15 is 0 Å². The molecule has 0 radical (unpaired) electrons. The number of carbonyl (C=O) groups is 1. The third-order valence-corrected chi connectivity index (χ3v) is 3.60. The van der Waals surface area contributed by atoms with Crippen molar-refractivity contribution < 1.29 is 4.79 Å². The summed E-state index contributed by atoms with van der Waals surface area (Å²) >= 11 is 3.49. The lowest BCUT2D eigenvalue weighted by atomic mass is 9.99. The number of pyridine rings is 1. The molecule has 0 aliphatic carbocycles. The van der Waals surface area contributed by atoms with E-state index in [-0.39, 0.29) is 11.8 Å². The summed E-state index contributed by atoms with van der Waals surface area (Å²) in [7, 11) is 0. The number of hydrogen-bond donors (Lipinski definition) is 0. The molecule has 1 aliphatic heterocycles. The predicted molar refractivity (Wildman–Crippen MR) is 67.6 cm³/mol. The van der Waals surface area contributed by atoms with Crippen LogP contribution in [-0.2, 0) is 4.79 Å². The maximum atomic E-state index is 11.6. The van der Waals surface area contributed by atoms with Gasteiger partial charge in [-0.15, -0.1) is 0 Å². The molecular weight excluding hydrogens is 268 g/mol. The van der Waals surface area contributed by atoms with Crippen molar-refractivity contribution in [1.82, 2.24) is 4.98 Å². The summed E-state index contributed by atoms with van der Waals surface area (Å²) in [5.74, 6) is 1.12. The Morgan fingerprint density at radius 3 is 3.06 bits per heavy atom. The first-order valence-corrected chi connectivity index (χ1v) is 6.37. The summed E-state index contributed by atoms with van der Waals surface area (Å²) in [6.45, 7) is 2.58. The Balaban J connectivity index is 2.30. The molecule has 4 heteroatoms. The molecule has 1 aromatic heterocycles. The molecule has 16 heavy (non-hydrogen) atoms. The van der Waals surface area contributed by atoms with Crippen molar-refractivity contribution in [2.75, 3.05) is 11.4 Å². The van der Waals surface area contributed by atoms with Crippen LogP contribution in [0.4, 0.5) is 5.82 Å². The Morgan fingerprint density at radius 1 is 1.56 bits per heavy atom. The Morgan fingerprint density at radius 2 is 2.38 bits per heavy atom. The highest BCUT2D eigenvalue weighted by atomic mass is 79.9. The van der Waals surface area contributed by atoms with Crippen LogP contribution in [0.5, 0.6) is 0 Å². The average molecular weight is 283 g/mol. The molecule has 1 fully saturated rings. The smallest absolute Gasteiger partial charge is 0.152 e. The van der Waals surface area contributed by atoms with E-state index in [2.05, 4.69) is 25.8 Å². The number of carbonyl (C=O) groups excluding carboxylic acids is 1. The first-order chi connectivity index (χ1) is 7.70. The molecule has 1 unspecified atom stereocenters. The molecule has 0 aromatic carbocycles. The van der Waals surface area contributed by atoms with Crippen LogP contribution in [-0.4, -0.2) is 23.4 Å². The molecule has 0 spiro atoms. The zero-order chi connectivity index (χ0) is 11.5. The Bertz CT molecular complexity index is 394. The number of piperidine rings is 1. The lowest BCUT2D eigenvalue weighted by molar-refractivity contribution is -0.118. The van der Waals surface area contributed by atoms with Gasteiger partial charge in [-0.3, -0.25) is 4.79 Å². The molecule has 86 valence electrons. The summed E-state index contributed by atoms with van der Waals surface area (Å²) in [5.41, 5.74) is 0. The Labute approximate surface area is 104 Å². The standard InChI is InChI=1S/C12H15BrN2O/c1-9(16)11-6-2-3-8-15(11)12-10(13)5-4-7-14-12/h4-5,7,11H,2-3,6,8H2,1H3. The van der Waals surface area contributed by atoms with Crippen LogP contribution in [0.3, 0.4) is 0 Å². The van der Waals surface area contributed by atoms with Gasteiger partial charge in [-0.2, -0.15) is 0 Å². The number of Topliss-reactive ketones (excluding diaryl/α,β-unsaturated/α-hetero) is 1. The SMILES string of the molecule is CC(=O)C1CCCCN1c1ncccc1Br. The van der Waals surface area contributed by atoms with Crippen molar-refractivity contribution in [2.45, 2.75) is 32.2 Å². The number of hydrogen-bond acceptors (Lipinski definition) is 3. The maximum absolute atomic E-state index is 11.6. The summed E-state index contributed by atoms with van der Waals surface area (Å²) in [5, 5.41) is 0. The average Bonchev–Trinajstić information content (AvgIpc) is 2.29. The monoisotopic (exact) mass is 282 g/mol. The van der Waals surface area contributed by atoms with Crippen LogP contribution in [0.15, 0.2) is 22.8 Å². The van der Waals surface area contributed by atoms with E-state index < -0.39 is 0 Å². The molecule has 0 bridgehead atoms. The third-order valence-electron chi connectivity index (χ3n) is 2.98. The number of aromatic nitrogens is 1.